The van der Waals surface area contributed by atoms with E-state index in [9.17, 15) is 4.21 Å². The summed E-state index contributed by atoms with van der Waals surface area (Å²) in [6.45, 7) is 0. The van der Waals surface area contributed by atoms with Crippen LogP contribution in [0, 0.1) is 0 Å². The summed E-state index contributed by atoms with van der Waals surface area (Å²) in [5.41, 5.74) is 1.17. The number of hydrogen-bond donors (Lipinski definition) is 0. The first-order chi connectivity index (χ1) is 9.63. The molecule has 0 aliphatic rings. The normalized spacial score (nSPS) is 13.2. The van der Waals surface area contributed by atoms with E-state index in [2.05, 4.69) is 12.1 Å². The molecule has 0 fully saturated rings. The number of hydrogen-bond acceptors (Lipinski definition) is 4. The van der Waals surface area contributed by atoms with E-state index in [0.29, 0.717) is 0 Å². The van der Waals surface area contributed by atoms with Gasteiger partial charge in [-0.3, -0.25) is 4.21 Å². The van der Waals surface area contributed by atoms with E-state index in [1.807, 2.05) is 36.6 Å². The fourth-order valence-electron chi connectivity index (χ4n) is 1.72. The molecule has 0 N–H and O–H groups in total. The highest BCUT2D eigenvalue weighted by Crippen LogP contribution is 2.31. The van der Waals surface area contributed by atoms with Crippen molar-refractivity contribution in [2.24, 2.45) is 0 Å². The second kappa shape index (κ2) is 7.11. The van der Waals surface area contributed by atoms with Gasteiger partial charge < -0.3 is 4.74 Å². The molecule has 0 aliphatic heterocycles. The van der Waals surface area contributed by atoms with Gasteiger partial charge in [-0.2, -0.15) is 0 Å². The van der Waals surface area contributed by atoms with Gasteiger partial charge in [0.1, 0.15) is 5.75 Å². The summed E-state index contributed by atoms with van der Waals surface area (Å²) in [5, 5.41) is 0. The first-order valence-electron chi connectivity index (χ1n) is 5.97. The number of ether oxygens (including phenoxy) is 1. The largest absolute Gasteiger partial charge is 0.497 e. The van der Waals surface area contributed by atoms with Gasteiger partial charge in [0.2, 0.25) is 0 Å². The van der Waals surface area contributed by atoms with E-state index in [0.717, 1.165) is 14.9 Å². The summed E-state index contributed by atoms with van der Waals surface area (Å²) in [7, 11) is 0.735. The first kappa shape index (κ1) is 15.4. The summed E-state index contributed by atoms with van der Waals surface area (Å²) in [4.78, 5) is 2.32. The molecule has 0 bridgehead atoms. The van der Waals surface area contributed by atoms with Gasteiger partial charge >= 0.3 is 0 Å². The van der Waals surface area contributed by atoms with Gasteiger partial charge in [-0.25, -0.2) is 0 Å². The zero-order valence-corrected chi connectivity index (χ0v) is 14.0. The van der Waals surface area contributed by atoms with Gasteiger partial charge in [0, 0.05) is 16.0 Å². The Morgan fingerprint density at radius 1 is 1.25 bits per heavy atom. The Hall–Kier alpha value is -1.04. The van der Waals surface area contributed by atoms with Gasteiger partial charge in [0.05, 0.1) is 22.1 Å². The van der Waals surface area contributed by atoms with Crippen molar-refractivity contribution in [1.29, 1.82) is 0 Å². The molecule has 0 spiro atoms. The molecule has 1 aromatic carbocycles. The van der Waals surface area contributed by atoms with Crippen LogP contribution >= 0.6 is 23.1 Å². The van der Waals surface area contributed by atoms with Gasteiger partial charge in [0.25, 0.3) is 0 Å². The zero-order valence-electron chi connectivity index (χ0n) is 11.6. The van der Waals surface area contributed by atoms with Crippen LogP contribution in [-0.2, 0) is 10.8 Å². The topological polar surface area (TPSA) is 26.3 Å². The predicted molar refractivity (Wildman–Crippen MR) is 91.9 cm³/mol. The molecule has 0 saturated heterocycles. The average molecular weight is 324 g/mol. The summed E-state index contributed by atoms with van der Waals surface area (Å²) in [6.07, 6.45) is 5.66. The van der Waals surface area contributed by atoms with Crippen LogP contribution in [0.4, 0.5) is 0 Å². The Balaban J connectivity index is 2.26. The van der Waals surface area contributed by atoms with Crippen LogP contribution in [0.2, 0.25) is 0 Å². The zero-order chi connectivity index (χ0) is 14.5. The van der Waals surface area contributed by atoms with Crippen molar-refractivity contribution < 1.29 is 8.95 Å². The third kappa shape index (κ3) is 3.75. The summed E-state index contributed by atoms with van der Waals surface area (Å²) in [5.74, 6) is 0.858. The van der Waals surface area contributed by atoms with Gasteiger partial charge in [-0.05, 0) is 54.3 Å². The minimum atomic E-state index is -0.929. The fourth-order valence-corrected chi connectivity index (χ4v) is 4.30. The summed E-state index contributed by atoms with van der Waals surface area (Å²) < 4.78 is 17.6. The Morgan fingerprint density at radius 3 is 2.50 bits per heavy atom. The smallest absolute Gasteiger partial charge is 0.118 e. The van der Waals surface area contributed by atoms with Crippen molar-refractivity contribution >= 4 is 40.0 Å². The summed E-state index contributed by atoms with van der Waals surface area (Å²) in [6, 6.07) is 12.2. The van der Waals surface area contributed by atoms with Crippen LogP contribution in [0.3, 0.4) is 0 Å². The highest BCUT2D eigenvalue weighted by molar-refractivity contribution is 8.16. The monoisotopic (exact) mass is 324 g/mol. The van der Waals surface area contributed by atoms with E-state index >= 15 is 0 Å². The van der Waals surface area contributed by atoms with Gasteiger partial charge in [-0.1, -0.05) is 0 Å². The Labute approximate surface area is 130 Å². The molecule has 20 heavy (non-hydrogen) atoms. The molecule has 1 unspecified atom stereocenters. The molecule has 1 heterocycles. The molecule has 1 aromatic heterocycles. The van der Waals surface area contributed by atoms with E-state index in [1.54, 1.807) is 24.7 Å². The second-order valence-electron chi connectivity index (χ2n) is 4.05. The molecule has 0 aliphatic carbocycles. The minimum absolute atomic E-state index is 0.858. The maximum absolute atomic E-state index is 11.5. The van der Waals surface area contributed by atoms with Crippen LogP contribution in [0.5, 0.6) is 5.75 Å². The number of benzene rings is 1. The van der Waals surface area contributed by atoms with E-state index in [1.165, 1.54) is 22.2 Å². The lowest BCUT2D eigenvalue weighted by Gasteiger charge is -2.01. The van der Waals surface area contributed by atoms with Crippen LogP contribution < -0.4 is 4.74 Å². The van der Waals surface area contributed by atoms with E-state index < -0.39 is 10.8 Å². The van der Waals surface area contributed by atoms with Crippen LogP contribution in [-0.4, -0.2) is 23.8 Å². The number of rotatable bonds is 5. The highest BCUT2D eigenvalue weighted by atomic mass is 32.2. The Kier molecular flexibility index (Phi) is 5.46. The van der Waals surface area contributed by atoms with Crippen molar-refractivity contribution in [2.45, 2.75) is 0 Å². The van der Waals surface area contributed by atoms with Crippen LogP contribution in [0.25, 0.3) is 16.5 Å². The molecular formula is C15H16O2S3. The maximum Gasteiger partial charge on any atom is 0.118 e. The van der Waals surface area contributed by atoms with E-state index in [-0.39, 0.29) is 0 Å². The molecule has 2 rings (SSSR count). The Morgan fingerprint density at radius 2 is 1.95 bits per heavy atom. The third-order valence-electron chi connectivity index (χ3n) is 2.75. The van der Waals surface area contributed by atoms with Crippen molar-refractivity contribution in [3.05, 3.63) is 45.5 Å². The van der Waals surface area contributed by atoms with Gasteiger partial charge in [-0.15, -0.1) is 23.1 Å². The molecule has 106 valence electrons. The maximum atomic E-state index is 11.5. The predicted octanol–water partition coefficient (Wildman–Crippen LogP) is 4.46. The molecule has 1 atom stereocenters. The minimum Gasteiger partial charge on any atom is -0.497 e. The molecule has 2 aromatic rings. The average Bonchev–Trinajstić information content (AvgIpc) is 2.93. The number of thioether (sulfide) groups is 1. The molecule has 0 saturated carbocycles. The van der Waals surface area contributed by atoms with Crippen molar-refractivity contribution in [2.75, 3.05) is 19.6 Å². The number of thiophene rings is 1. The molecule has 2 nitrogen and oxygen atoms in total. The Bertz CT molecular complexity index is 627. The van der Waals surface area contributed by atoms with Crippen LogP contribution in [0.15, 0.2) is 40.6 Å². The molecular weight excluding hydrogens is 308 g/mol. The van der Waals surface area contributed by atoms with Crippen molar-refractivity contribution in [1.82, 2.24) is 0 Å². The fraction of sp³-hybridized carbons (Fsp3) is 0.200. The highest BCUT2D eigenvalue weighted by Gasteiger charge is 2.05. The summed E-state index contributed by atoms with van der Waals surface area (Å²) >= 11 is 3.23. The van der Waals surface area contributed by atoms with Crippen LogP contribution in [0.1, 0.15) is 4.88 Å². The third-order valence-corrected chi connectivity index (χ3v) is 6.24. The lowest BCUT2D eigenvalue weighted by Crippen LogP contribution is -1.85. The SMILES string of the molecule is COc1ccc(-c2ccc(/C=C(\SC)S(C)=O)s2)cc1. The standard InChI is InChI=1S/C15H16O2S3/c1-17-12-6-4-11(5-7-12)14-9-8-13(19-14)10-15(18-2)20(3)16/h4-10H,1-3H3/b15-10+. The second-order valence-corrected chi connectivity index (χ2v) is 7.62. The molecule has 0 radical (unpaired) electrons. The lowest BCUT2D eigenvalue weighted by atomic mass is 10.2. The molecule has 5 heteroatoms. The van der Waals surface area contributed by atoms with E-state index in [4.69, 9.17) is 4.74 Å². The quantitative estimate of drug-likeness (QED) is 0.812. The molecule has 0 amide bonds. The lowest BCUT2D eigenvalue weighted by molar-refractivity contribution is 0.415. The van der Waals surface area contributed by atoms with Crippen molar-refractivity contribution in [3.8, 4) is 16.2 Å². The van der Waals surface area contributed by atoms with Crippen molar-refractivity contribution in [3.63, 3.8) is 0 Å². The first-order valence-corrected chi connectivity index (χ1v) is 9.57. The number of methoxy groups -OCH3 is 1. The van der Waals surface area contributed by atoms with Gasteiger partial charge in [0.15, 0.2) is 0 Å².